The number of amides is 4. The summed E-state index contributed by atoms with van der Waals surface area (Å²) in [5.74, 6) is -0.895. The Hall–Kier alpha value is -3.15. The first-order valence-corrected chi connectivity index (χ1v) is 21.8. The van der Waals surface area contributed by atoms with E-state index in [4.69, 9.17) is 44.1 Å². The van der Waals surface area contributed by atoms with Gasteiger partial charge in [-0.2, -0.15) is 0 Å². The zero-order valence-electron chi connectivity index (χ0n) is 36.3. The van der Waals surface area contributed by atoms with Crippen molar-refractivity contribution in [1.82, 2.24) is 9.80 Å². The summed E-state index contributed by atoms with van der Waals surface area (Å²) in [7, 11) is 13.8. The van der Waals surface area contributed by atoms with Gasteiger partial charge in [-0.05, 0) is 18.8 Å². The van der Waals surface area contributed by atoms with Gasteiger partial charge < -0.3 is 9.84 Å². The van der Waals surface area contributed by atoms with Gasteiger partial charge in [0, 0.05) is 8.54 Å². The molecule has 2 saturated heterocycles. The number of carboxylic acid groups (broad SMARTS) is 1. The van der Waals surface area contributed by atoms with E-state index in [1.807, 2.05) is 6.92 Å². The van der Waals surface area contributed by atoms with Gasteiger partial charge in [0.05, 0.1) is 12.0 Å². The van der Waals surface area contributed by atoms with Crippen LogP contribution in [0.5, 0.6) is 0 Å². The second-order valence-corrected chi connectivity index (χ2v) is 16.6. The number of aliphatic hydroxyl groups is 1. The predicted octanol–water partition coefficient (Wildman–Crippen LogP) is 6.68. The summed E-state index contributed by atoms with van der Waals surface area (Å²) in [5, 5.41) is 25.0. The van der Waals surface area contributed by atoms with Crippen molar-refractivity contribution in [3.8, 4) is 0 Å². The monoisotopic (exact) mass is 855 g/mol. The number of methoxy groups -OCH3 is 2. The number of halogens is 1. The molecular formula is C41H71B2FN4O12. The summed E-state index contributed by atoms with van der Waals surface area (Å²) in [5.41, 5.74) is 0. The van der Waals surface area contributed by atoms with Crippen LogP contribution in [0.4, 0.5) is 14.1 Å². The summed E-state index contributed by atoms with van der Waals surface area (Å²) in [6.45, 7) is 6.27. The van der Waals surface area contributed by atoms with Gasteiger partial charge in [-0.15, -0.1) is 0 Å². The molecule has 5 aliphatic rings. The standard InChI is InChI=1S/C15H24BN2O4.C14H22BN2O4.C12H22O3.FHO.H2/c1-3-4-5-12(21-2)11(8-10-6-7-10)14(19)18-13(17-16)9-22-15(18)20;1-2-3-4-11(18)10(7-9-5-6-9)13(19)17-12(16-15)8-21-14(17)20;1-3-4-5-11(15-2)10(12(13)14)8-9-6-7-9;1-2;/h10-13H,3-9H2,1-2H3;9-12,18H,2-8H2,1H3;9-11H,3-8H2,1-2H3,(H,13,14);2H;1H/t11-,12?,13?;10-,11?,12?;10-,11+;;/m111../s1/i;;;;1+2. The van der Waals surface area contributed by atoms with Crippen LogP contribution in [-0.4, -0.2) is 129 Å². The number of carboxylic acids is 1. The average molecular weight is 855 g/mol. The van der Waals surface area contributed by atoms with Crippen LogP contribution in [0.1, 0.15) is 138 Å². The number of ether oxygens (including phenoxy) is 4. The average Bonchev–Trinajstić information content (AvgIpc) is 4.18. The topological polar surface area (TPSA) is 214 Å². The molecule has 340 valence electrons. The Morgan fingerprint density at radius 1 is 0.700 bits per heavy atom. The number of rotatable bonds is 25. The summed E-state index contributed by atoms with van der Waals surface area (Å²) in [6, 6.07) is 0. The van der Waals surface area contributed by atoms with Crippen molar-refractivity contribution >= 4 is 45.2 Å². The van der Waals surface area contributed by atoms with E-state index in [0.717, 1.165) is 99.7 Å². The van der Waals surface area contributed by atoms with Crippen LogP contribution in [-0.2, 0) is 33.3 Å². The van der Waals surface area contributed by atoms with Gasteiger partial charge in [0.25, 0.3) is 0 Å². The molecular weight excluding hydrogens is 781 g/mol. The number of carbonyl (C=O) groups excluding carboxylic acids is 4. The molecule has 0 aromatic carbocycles. The molecule has 5 rings (SSSR count). The molecule has 3 saturated carbocycles. The van der Waals surface area contributed by atoms with Crippen molar-refractivity contribution in [1.29, 1.82) is 0 Å². The number of hydrogen-bond acceptors (Lipinski definition) is 13. The molecule has 0 spiro atoms. The number of hydrogen-bond donors (Lipinski definition) is 3. The first-order valence-electron chi connectivity index (χ1n) is 21.8. The van der Waals surface area contributed by atoms with Gasteiger partial charge in [0.2, 0.25) is 0 Å². The zero-order valence-corrected chi connectivity index (χ0v) is 36.3. The van der Waals surface area contributed by atoms with E-state index in [2.05, 4.69) is 23.6 Å². The molecule has 3 aliphatic carbocycles. The number of imide groups is 2. The third kappa shape index (κ3) is 17.3. The van der Waals surface area contributed by atoms with Gasteiger partial charge >= 0.3 is 263 Å². The third-order valence-corrected chi connectivity index (χ3v) is 11.8. The number of aliphatic carboxylic acids is 1. The maximum absolute atomic E-state index is 12.9. The first kappa shape index (κ1) is 53.0. The van der Waals surface area contributed by atoms with E-state index in [-0.39, 0.29) is 44.6 Å². The Labute approximate surface area is 358 Å². The van der Waals surface area contributed by atoms with E-state index in [0.29, 0.717) is 30.6 Å². The van der Waals surface area contributed by atoms with Crippen LogP contribution in [0.15, 0.2) is 9.79 Å². The van der Waals surface area contributed by atoms with Crippen molar-refractivity contribution in [3.63, 3.8) is 0 Å². The minimum absolute atomic E-state index is 0. The molecule has 0 aromatic rings. The van der Waals surface area contributed by atoms with Crippen molar-refractivity contribution in [2.45, 2.75) is 167 Å². The number of aliphatic hydroxyl groups excluding tert-OH is 1. The quantitative estimate of drug-likeness (QED) is 0.0821. The Balaban J connectivity index is 0.000000452. The molecule has 2 heterocycles. The minimum atomic E-state index is -0.773. The molecule has 60 heavy (non-hydrogen) atoms. The maximum atomic E-state index is 12.9. The van der Waals surface area contributed by atoms with E-state index >= 15 is 0 Å². The third-order valence-electron chi connectivity index (χ3n) is 11.8. The Morgan fingerprint density at radius 2 is 1.05 bits per heavy atom. The Morgan fingerprint density at radius 3 is 1.40 bits per heavy atom. The first-order chi connectivity index (χ1) is 28.9. The van der Waals surface area contributed by atoms with Crippen molar-refractivity contribution in [2.75, 3.05) is 27.4 Å². The second kappa shape index (κ2) is 28.5. The van der Waals surface area contributed by atoms with Gasteiger partial charge in [0.15, 0.2) is 0 Å². The Kier molecular flexibility index (Phi) is 25.1. The fourth-order valence-corrected chi connectivity index (χ4v) is 7.65. The van der Waals surface area contributed by atoms with Crippen LogP contribution < -0.4 is 0 Å². The van der Waals surface area contributed by atoms with Crippen molar-refractivity contribution in [2.24, 2.45) is 45.3 Å². The summed E-state index contributed by atoms with van der Waals surface area (Å²) in [6.07, 6.45) is 13.4. The normalized spacial score (nSPS) is 22.4. The fourth-order valence-electron chi connectivity index (χ4n) is 7.65. The fraction of sp³-hybridized carbons (Fsp3) is 0.878. The molecule has 0 aromatic heterocycles. The molecule has 19 heteroatoms. The van der Waals surface area contributed by atoms with E-state index in [1.165, 1.54) is 12.8 Å². The number of nitrogens with zero attached hydrogens (tertiary/aromatic N) is 4. The van der Waals surface area contributed by atoms with Gasteiger partial charge in [0.1, 0.15) is 0 Å². The Bertz CT molecular complexity index is 1370. The molecule has 16 nitrogen and oxygen atoms in total. The van der Waals surface area contributed by atoms with Crippen molar-refractivity contribution in [3.05, 3.63) is 0 Å². The molecule has 5 fully saturated rings. The zero-order chi connectivity index (χ0) is 44.8. The molecule has 3 N–H and O–H groups in total. The summed E-state index contributed by atoms with van der Waals surface area (Å²) < 4.78 is 29.1. The van der Waals surface area contributed by atoms with E-state index < -0.39 is 48.4 Å². The van der Waals surface area contributed by atoms with Gasteiger partial charge in [-0.1, -0.05) is 37.1 Å². The van der Waals surface area contributed by atoms with Crippen LogP contribution in [0, 0.1) is 35.5 Å². The SMILES string of the molecule is CCCC[C@H](OC)[C@@H](CC1CC1)C(=O)O.OF.[3HH].[B]=NC1COC(=O)N1C(=O)[C@H](CC1CC1)C(CCCC)OC.[B]=NC1COC(=O)N1C(=O)[C@H](CC1CC1)C(O)CCCC. The van der Waals surface area contributed by atoms with Crippen LogP contribution in [0.25, 0.3) is 0 Å². The molecule has 2 aliphatic heterocycles. The molecule has 0 bridgehead atoms. The van der Waals surface area contributed by atoms with Gasteiger partial charge in [-0.3, -0.25) is 4.79 Å². The van der Waals surface area contributed by atoms with Crippen molar-refractivity contribution < 1.29 is 64.4 Å². The van der Waals surface area contributed by atoms with E-state index in [1.54, 1.807) is 14.2 Å². The van der Waals surface area contributed by atoms with Crippen LogP contribution in [0.3, 0.4) is 0 Å². The molecule has 2 radical (unpaired) electrons. The van der Waals surface area contributed by atoms with E-state index in [9.17, 15) is 34.2 Å². The van der Waals surface area contributed by atoms with Gasteiger partial charge in [-0.25, -0.2) is 5.31 Å². The second-order valence-electron chi connectivity index (χ2n) is 16.6. The van der Waals surface area contributed by atoms with Crippen LogP contribution in [0.2, 0.25) is 0 Å². The predicted molar refractivity (Wildman–Crippen MR) is 222 cm³/mol. The molecule has 8 atom stereocenters. The molecule has 4 amide bonds. The summed E-state index contributed by atoms with van der Waals surface area (Å²) >= 11 is 0. The number of unbranched alkanes of at least 4 members (excludes halogenated alkanes) is 3. The molecule has 4 unspecified atom stereocenters. The number of carbonyl (C=O) groups is 5. The number of cyclic esters (lactones) is 2. The van der Waals surface area contributed by atoms with Crippen LogP contribution >= 0.6 is 0 Å². The summed E-state index contributed by atoms with van der Waals surface area (Å²) in [4.78, 5) is 69.3.